The van der Waals surface area contributed by atoms with Gasteiger partial charge in [-0.25, -0.2) is 9.78 Å². The van der Waals surface area contributed by atoms with Gasteiger partial charge in [-0.1, -0.05) is 0 Å². The van der Waals surface area contributed by atoms with E-state index in [-0.39, 0.29) is 11.2 Å². The number of amidine groups is 1. The minimum absolute atomic E-state index is 0.316. The molecule has 0 saturated carbocycles. The van der Waals surface area contributed by atoms with Gasteiger partial charge in [0, 0.05) is 40.2 Å². The topological polar surface area (TPSA) is 86.2 Å². The van der Waals surface area contributed by atoms with Crippen LogP contribution in [0, 0.1) is 0 Å². The molecule has 3 rings (SSSR count). The van der Waals surface area contributed by atoms with E-state index in [1.165, 1.54) is 11.6 Å². The molecule has 0 aliphatic carbocycles. The molecule has 0 saturated heterocycles. The molecule has 1 N–H and O–H groups in total. The quantitative estimate of drug-likeness (QED) is 0.803. The summed E-state index contributed by atoms with van der Waals surface area (Å²) in [5.41, 5.74) is 0.191. The third kappa shape index (κ3) is 2.26. The first-order valence-corrected chi connectivity index (χ1v) is 6.97. The van der Waals surface area contributed by atoms with Crippen molar-refractivity contribution in [2.45, 2.75) is 19.4 Å². The third-order valence-electron chi connectivity index (χ3n) is 3.77. The minimum atomic E-state index is -0.365. The number of aliphatic imine (C=N–C) groups is 1. The fourth-order valence-corrected chi connectivity index (χ4v) is 2.57. The maximum absolute atomic E-state index is 12.2. The van der Waals surface area contributed by atoms with Crippen LogP contribution in [0.3, 0.4) is 0 Å². The normalized spacial score (nSPS) is 14.7. The van der Waals surface area contributed by atoms with Gasteiger partial charge < -0.3 is 9.88 Å². The summed E-state index contributed by atoms with van der Waals surface area (Å²) in [6, 6.07) is 0. The fourth-order valence-electron chi connectivity index (χ4n) is 2.57. The average molecular weight is 290 g/mol. The zero-order valence-corrected chi connectivity index (χ0v) is 12.2. The molecule has 0 atom stereocenters. The number of fused-ring (bicyclic) bond motifs is 1. The first-order valence-electron chi connectivity index (χ1n) is 6.97. The van der Waals surface area contributed by atoms with Gasteiger partial charge in [0.25, 0.3) is 5.56 Å². The van der Waals surface area contributed by atoms with Crippen molar-refractivity contribution in [2.75, 3.05) is 13.1 Å². The number of hydrogen-bond acceptors (Lipinski definition) is 5. The second-order valence-corrected chi connectivity index (χ2v) is 5.17. The molecule has 0 amide bonds. The second-order valence-electron chi connectivity index (χ2n) is 5.17. The van der Waals surface area contributed by atoms with Gasteiger partial charge in [-0.2, -0.15) is 0 Å². The number of nitrogens with one attached hydrogen (secondary N) is 1. The summed E-state index contributed by atoms with van der Waals surface area (Å²) >= 11 is 0. The number of hydrogen-bond donors (Lipinski definition) is 1. The molecule has 0 radical (unpaired) electrons. The van der Waals surface area contributed by atoms with Crippen molar-refractivity contribution in [3.05, 3.63) is 27.2 Å². The van der Waals surface area contributed by atoms with E-state index in [0.717, 1.165) is 29.8 Å². The predicted molar refractivity (Wildman–Crippen MR) is 79.8 cm³/mol. The van der Waals surface area contributed by atoms with E-state index in [4.69, 9.17) is 0 Å². The molecule has 0 bridgehead atoms. The van der Waals surface area contributed by atoms with E-state index in [1.807, 2.05) is 0 Å². The Morgan fingerprint density at radius 1 is 1.29 bits per heavy atom. The van der Waals surface area contributed by atoms with Crippen LogP contribution in [0.1, 0.15) is 12.8 Å². The molecule has 0 unspecified atom stereocenters. The van der Waals surface area contributed by atoms with Gasteiger partial charge in [0.2, 0.25) is 0 Å². The Hall–Kier alpha value is -2.38. The van der Waals surface area contributed by atoms with Crippen molar-refractivity contribution in [3.63, 3.8) is 0 Å². The summed E-state index contributed by atoms with van der Waals surface area (Å²) in [6.07, 6.45) is 3.68. The van der Waals surface area contributed by atoms with Crippen LogP contribution in [-0.4, -0.2) is 37.6 Å². The molecule has 0 fully saturated rings. The fraction of sp³-hybridized carbons (Fsp3) is 0.538. The lowest BCUT2D eigenvalue weighted by molar-refractivity contribution is 0.671. The predicted octanol–water partition coefficient (Wildman–Crippen LogP) is -0.784. The van der Waals surface area contributed by atoms with Gasteiger partial charge in [0.15, 0.2) is 11.2 Å². The molecule has 8 heteroatoms. The van der Waals surface area contributed by atoms with Gasteiger partial charge in [-0.15, -0.1) is 0 Å². The van der Waals surface area contributed by atoms with Crippen molar-refractivity contribution >= 4 is 17.0 Å². The van der Waals surface area contributed by atoms with Gasteiger partial charge in [-0.05, 0) is 6.42 Å². The van der Waals surface area contributed by atoms with Crippen molar-refractivity contribution < 1.29 is 0 Å². The maximum Gasteiger partial charge on any atom is 0.332 e. The molecule has 112 valence electrons. The van der Waals surface area contributed by atoms with Crippen LogP contribution >= 0.6 is 0 Å². The summed E-state index contributed by atoms with van der Waals surface area (Å²) in [6.45, 7) is 2.16. The van der Waals surface area contributed by atoms with Crippen molar-refractivity contribution in [2.24, 2.45) is 19.1 Å². The molecule has 8 nitrogen and oxygen atoms in total. The summed E-state index contributed by atoms with van der Waals surface area (Å²) in [5.74, 6) is 1.03. The molecule has 0 spiro atoms. The van der Waals surface area contributed by atoms with Crippen LogP contribution in [0.4, 0.5) is 0 Å². The van der Waals surface area contributed by atoms with E-state index >= 15 is 0 Å². The highest BCUT2D eigenvalue weighted by molar-refractivity contribution is 5.83. The van der Waals surface area contributed by atoms with Crippen LogP contribution in [-0.2, 0) is 20.6 Å². The standard InChI is InChI=1S/C13H18N6O2/c1-17-11-10(12(20)18(2)13(17)21)19(8-16-11)7-6-15-9-4-3-5-14-9/h8H,3-7H2,1-2H3,(H,14,15). The summed E-state index contributed by atoms with van der Waals surface area (Å²) in [4.78, 5) is 32.6. The smallest absolute Gasteiger partial charge is 0.332 e. The van der Waals surface area contributed by atoms with E-state index in [9.17, 15) is 9.59 Å². The molecule has 2 aromatic heterocycles. The molecular weight excluding hydrogens is 272 g/mol. The molecule has 3 heterocycles. The monoisotopic (exact) mass is 290 g/mol. The third-order valence-corrected chi connectivity index (χ3v) is 3.77. The SMILES string of the molecule is Cn1c(=O)c2c(ncn2CCNC2=NCCC2)n(C)c1=O. The van der Waals surface area contributed by atoms with E-state index in [1.54, 1.807) is 17.9 Å². The molecular formula is C13H18N6O2. The lowest BCUT2D eigenvalue weighted by Gasteiger charge is -2.08. The van der Waals surface area contributed by atoms with Crippen molar-refractivity contribution in [1.82, 2.24) is 24.0 Å². The molecule has 0 aromatic carbocycles. The Morgan fingerprint density at radius 3 is 2.81 bits per heavy atom. The Bertz CT molecular complexity index is 826. The zero-order chi connectivity index (χ0) is 15.0. The molecule has 1 aliphatic rings. The van der Waals surface area contributed by atoms with Crippen LogP contribution < -0.4 is 16.6 Å². The first kappa shape index (κ1) is 13.6. The summed E-state index contributed by atoms with van der Waals surface area (Å²) in [7, 11) is 3.10. The van der Waals surface area contributed by atoms with Crippen molar-refractivity contribution in [3.8, 4) is 0 Å². The zero-order valence-electron chi connectivity index (χ0n) is 12.2. The second kappa shape index (κ2) is 5.19. The van der Waals surface area contributed by atoms with E-state index < -0.39 is 0 Å². The van der Waals surface area contributed by atoms with Gasteiger partial charge >= 0.3 is 5.69 Å². The number of aryl methyl sites for hydroxylation is 1. The molecule has 1 aliphatic heterocycles. The van der Waals surface area contributed by atoms with Crippen LogP contribution in [0.25, 0.3) is 11.2 Å². The molecule has 21 heavy (non-hydrogen) atoms. The Labute approximate surface area is 120 Å². The maximum atomic E-state index is 12.2. The van der Waals surface area contributed by atoms with Crippen LogP contribution in [0.5, 0.6) is 0 Å². The lowest BCUT2D eigenvalue weighted by Crippen LogP contribution is -2.37. The Balaban J connectivity index is 1.89. The minimum Gasteiger partial charge on any atom is -0.372 e. The average Bonchev–Trinajstić information content (AvgIpc) is 3.12. The number of rotatable bonds is 3. The Morgan fingerprint density at radius 2 is 2.10 bits per heavy atom. The van der Waals surface area contributed by atoms with Gasteiger partial charge in [0.05, 0.1) is 12.2 Å². The highest BCUT2D eigenvalue weighted by Crippen LogP contribution is 2.05. The largest absolute Gasteiger partial charge is 0.372 e. The van der Waals surface area contributed by atoms with Gasteiger partial charge in [0.1, 0.15) is 0 Å². The first-order chi connectivity index (χ1) is 10.1. The van der Waals surface area contributed by atoms with E-state index in [0.29, 0.717) is 24.3 Å². The van der Waals surface area contributed by atoms with Crippen LogP contribution in [0.15, 0.2) is 20.9 Å². The van der Waals surface area contributed by atoms with Gasteiger partial charge in [-0.3, -0.25) is 18.9 Å². The summed E-state index contributed by atoms with van der Waals surface area (Å²) < 4.78 is 4.27. The number of aromatic nitrogens is 4. The van der Waals surface area contributed by atoms with E-state index in [2.05, 4.69) is 15.3 Å². The summed E-state index contributed by atoms with van der Waals surface area (Å²) in [5, 5.41) is 3.27. The number of nitrogens with zero attached hydrogens (tertiary/aromatic N) is 5. The lowest BCUT2D eigenvalue weighted by atomic mass is 10.3. The van der Waals surface area contributed by atoms with Crippen molar-refractivity contribution in [1.29, 1.82) is 0 Å². The highest BCUT2D eigenvalue weighted by Gasteiger charge is 2.14. The van der Waals surface area contributed by atoms with Crippen LogP contribution in [0.2, 0.25) is 0 Å². The number of imidazole rings is 1. The highest BCUT2D eigenvalue weighted by atomic mass is 16.2. The molecule has 2 aromatic rings. The Kier molecular flexibility index (Phi) is 3.36.